The summed E-state index contributed by atoms with van der Waals surface area (Å²) in [6, 6.07) is 0. The largest absolute Gasteiger partial charge is 0.385 e. The summed E-state index contributed by atoms with van der Waals surface area (Å²) in [4.78, 5) is 4.19. The Hall–Kier alpha value is -0.0400. The van der Waals surface area contributed by atoms with Gasteiger partial charge in [0, 0.05) is 33.9 Å². The van der Waals surface area contributed by atoms with Gasteiger partial charge < -0.3 is 15.4 Å². The van der Waals surface area contributed by atoms with Gasteiger partial charge in [0.05, 0.1) is 0 Å². The van der Waals surface area contributed by atoms with Crippen LogP contribution in [-0.4, -0.2) is 39.8 Å². The van der Waals surface area contributed by atoms with E-state index in [0.29, 0.717) is 0 Å². The van der Waals surface area contributed by atoms with Crippen molar-refractivity contribution in [1.82, 2.24) is 10.6 Å². The van der Waals surface area contributed by atoms with E-state index in [0.717, 1.165) is 44.4 Å². The zero-order valence-electron chi connectivity index (χ0n) is 12.3. The maximum absolute atomic E-state index is 5.01. The third kappa shape index (κ3) is 14.0. The second-order valence-corrected chi connectivity index (χ2v) is 4.66. The quantitative estimate of drug-likeness (QED) is 0.284. The first-order valence-electron chi connectivity index (χ1n) is 6.64. The molecule has 0 aliphatic carbocycles. The van der Waals surface area contributed by atoms with E-state index in [2.05, 4.69) is 29.5 Å². The van der Waals surface area contributed by atoms with E-state index in [1.165, 1.54) is 12.8 Å². The van der Waals surface area contributed by atoms with Crippen LogP contribution in [0.1, 0.15) is 39.5 Å². The number of guanidine groups is 1. The minimum absolute atomic E-state index is 0. The Labute approximate surface area is 129 Å². The maximum Gasteiger partial charge on any atom is 0.190 e. The van der Waals surface area contributed by atoms with E-state index in [4.69, 9.17) is 4.74 Å². The summed E-state index contributed by atoms with van der Waals surface area (Å²) in [6.07, 6.45) is 4.67. The fourth-order valence-corrected chi connectivity index (χ4v) is 1.45. The molecule has 0 aromatic heterocycles. The number of hydrogen-bond acceptors (Lipinski definition) is 2. The Morgan fingerprint density at radius 1 is 1.11 bits per heavy atom. The summed E-state index contributed by atoms with van der Waals surface area (Å²) >= 11 is 0. The standard InChI is InChI=1S/C13H29N3O.HI/c1-12(2)8-10-16-13(14-3)15-9-6-5-7-11-17-4;/h12H,5-11H2,1-4H3,(H2,14,15,16);1H. The lowest BCUT2D eigenvalue weighted by atomic mass is 10.1. The lowest BCUT2D eigenvalue weighted by molar-refractivity contribution is 0.192. The Kier molecular flexibility index (Phi) is 16.9. The molecular formula is C13H30IN3O. The highest BCUT2D eigenvalue weighted by atomic mass is 127. The highest BCUT2D eigenvalue weighted by molar-refractivity contribution is 14.0. The summed E-state index contributed by atoms with van der Waals surface area (Å²) in [7, 11) is 3.56. The van der Waals surface area contributed by atoms with Crippen molar-refractivity contribution in [3.8, 4) is 0 Å². The smallest absolute Gasteiger partial charge is 0.190 e. The first-order valence-corrected chi connectivity index (χ1v) is 6.64. The van der Waals surface area contributed by atoms with Gasteiger partial charge in [0.15, 0.2) is 5.96 Å². The Morgan fingerprint density at radius 2 is 1.78 bits per heavy atom. The van der Waals surface area contributed by atoms with E-state index in [1.807, 2.05) is 7.05 Å². The molecule has 0 aromatic carbocycles. The van der Waals surface area contributed by atoms with Crippen molar-refractivity contribution in [2.75, 3.05) is 33.9 Å². The molecule has 0 spiro atoms. The van der Waals surface area contributed by atoms with E-state index in [-0.39, 0.29) is 24.0 Å². The molecule has 0 aromatic rings. The van der Waals surface area contributed by atoms with Crippen molar-refractivity contribution in [1.29, 1.82) is 0 Å². The molecule has 0 amide bonds. The molecule has 0 saturated heterocycles. The van der Waals surface area contributed by atoms with Crippen LogP contribution in [0.5, 0.6) is 0 Å². The van der Waals surface area contributed by atoms with Gasteiger partial charge in [0.1, 0.15) is 0 Å². The van der Waals surface area contributed by atoms with Crippen LogP contribution in [0.15, 0.2) is 4.99 Å². The molecule has 0 aliphatic heterocycles. The van der Waals surface area contributed by atoms with Crippen molar-refractivity contribution in [2.24, 2.45) is 10.9 Å². The van der Waals surface area contributed by atoms with Crippen LogP contribution in [0.25, 0.3) is 0 Å². The predicted molar refractivity (Wildman–Crippen MR) is 90.0 cm³/mol. The van der Waals surface area contributed by atoms with E-state index in [9.17, 15) is 0 Å². The average Bonchev–Trinajstić information content (AvgIpc) is 2.30. The minimum Gasteiger partial charge on any atom is -0.385 e. The molecule has 18 heavy (non-hydrogen) atoms. The zero-order chi connectivity index (χ0) is 12.9. The molecule has 0 bridgehead atoms. The van der Waals surface area contributed by atoms with Gasteiger partial charge in [0.2, 0.25) is 0 Å². The highest BCUT2D eigenvalue weighted by Crippen LogP contribution is 1.96. The second kappa shape index (κ2) is 15.0. The number of nitrogens with zero attached hydrogens (tertiary/aromatic N) is 1. The molecule has 0 saturated carbocycles. The third-order valence-corrected chi connectivity index (χ3v) is 2.56. The van der Waals surface area contributed by atoms with E-state index >= 15 is 0 Å². The van der Waals surface area contributed by atoms with Gasteiger partial charge in [-0.15, -0.1) is 24.0 Å². The van der Waals surface area contributed by atoms with Gasteiger partial charge in [-0.05, 0) is 31.6 Å². The number of ether oxygens (including phenoxy) is 1. The molecule has 0 unspecified atom stereocenters. The molecule has 0 fully saturated rings. The number of nitrogens with one attached hydrogen (secondary N) is 2. The molecule has 110 valence electrons. The van der Waals surface area contributed by atoms with Crippen LogP contribution in [0, 0.1) is 5.92 Å². The Morgan fingerprint density at radius 3 is 2.33 bits per heavy atom. The maximum atomic E-state index is 5.01. The number of aliphatic imine (C=N–C) groups is 1. The fourth-order valence-electron chi connectivity index (χ4n) is 1.45. The first kappa shape index (κ1) is 20.3. The Bertz CT molecular complexity index is 199. The van der Waals surface area contributed by atoms with Crippen molar-refractivity contribution in [2.45, 2.75) is 39.5 Å². The van der Waals surface area contributed by atoms with Gasteiger partial charge in [-0.25, -0.2) is 0 Å². The molecule has 0 radical (unpaired) electrons. The molecule has 0 rings (SSSR count). The van der Waals surface area contributed by atoms with Gasteiger partial charge in [-0.3, -0.25) is 4.99 Å². The molecule has 0 atom stereocenters. The topological polar surface area (TPSA) is 45.7 Å². The minimum atomic E-state index is 0. The highest BCUT2D eigenvalue weighted by Gasteiger charge is 1.98. The predicted octanol–water partition coefficient (Wildman–Crippen LogP) is 2.63. The zero-order valence-corrected chi connectivity index (χ0v) is 14.6. The number of halogens is 1. The molecule has 0 aliphatic rings. The summed E-state index contributed by atoms with van der Waals surface area (Å²) in [5, 5.41) is 6.64. The van der Waals surface area contributed by atoms with Crippen molar-refractivity contribution in [3.63, 3.8) is 0 Å². The summed E-state index contributed by atoms with van der Waals surface area (Å²) in [5.41, 5.74) is 0. The molecular weight excluding hydrogens is 341 g/mol. The number of hydrogen-bond donors (Lipinski definition) is 2. The average molecular weight is 371 g/mol. The van der Waals surface area contributed by atoms with Crippen molar-refractivity contribution >= 4 is 29.9 Å². The van der Waals surface area contributed by atoms with Gasteiger partial charge in [0.25, 0.3) is 0 Å². The fraction of sp³-hybridized carbons (Fsp3) is 0.923. The van der Waals surface area contributed by atoms with Crippen LogP contribution in [0.2, 0.25) is 0 Å². The van der Waals surface area contributed by atoms with Crippen LogP contribution in [0.3, 0.4) is 0 Å². The Balaban J connectivity index is 0. The van der Waals surface area contributed by atoms with Gasteiger partial charge in [-0.1, -0.05) is 13.8 Å². The first-order chi connectivity index (χ1) is 8.20. The monoisotopic (exact) mass is 371 g/mol. The summed E-state index contributed by atoms with van der Waals surface area (Å²) in [6.45, 7) is 7.29. The van der Waals surface area contributed by atoms with Crippen molar-refractivity contribution in [3.05, 3.63) is 0 Å². The summed E-state index contributed by atoms with van der Waals surface area (Å²) in [5.74, 6) is 1.65. The molecule has 0 heterocycles. The molecule has 5 heteroatoms. The SMILES string of the molecule is CN=C(NCCCCCOC)NCCC(C)C.I. The van der Waals surface area contributed by atoms with Crippen LogP contribution in [-0.2, 0) is 4.74 Å². The lowest BCUT2D eigenvalue weighted by Gasteiger charge is -2.12. The number of methoxy groups -OCH3 is 1. The lowest BCUT2D eigenvalue weighted by Crippen LogP contribution is -2.38. The van der Waals surface area contributed by atoms with Crippen LogP contribution >= 0.6 is 24.0 Å². The van der Waals surface area contributed by atoms with E-state index in [1.54, 1.807) is 7.11 Å². The number of unbranched alkanes of at least 4 members (excludes halogenated alkanes) is 2. The molecule has 4 nitrogen and oxygen atoms in total. The van der Waals surface area contributed by atoms with E-state index < -0.39 is 0 Å². The number of rotatable bonds is 9. The normalized spacial score (nSPS) is 11.3. The van der Waals surface area contributed by atoms with Gasteiger partial charge >= 0.3 is 0 Å². The molecule has 2 N–H and O–H groups in total. The van der Waals surface area contributed by atoms with Crippen molar-refractivity contribution < 1.29 is 4.74 Å². The second-order valence-electron chi connectivity index (χ2n) is 4.66. The summed E-state index contributed by atoms with van der Waals surface area (Å²) < 4.78 is 5.01. The van der Waals surface area contributed by atoms with Gasteiger partial charge in [-0.2, -0.15) is 0 Å². The van der Waals surface area contributed by atoms with Crippen LogP contribution < -0.4 is 10.6 Å². The third-order valence-electron chi connectivity index (χ3n) is 2.56. The van der Waals surface area contributed by atoms with Crippen LogP contribution in [0.4, 0.5) is 0 Å².